The highest BCUT2D eigenvalue weighted by Gasteiger charge is 2.21. The van der Waals surface area contributed by atoms with Crippen molar-refractivity contribution >= 4 is 21.6 Å². The van der Waals surface area contributed by atoms with Gasteiger partial charge in [-0.1, -0.05) is 6.07 Å². The smallest absolute Gasteiger partial charge is 0.103 e. The molecule has 1 N–H and O–H groups in total. The summed E-state index contributed by atoms with van der Waals surface area (Å²) >= 11 is 3.46. The van der Waals surface area contributed by atoms with Gasteiger partial charge in [-0.2, -0.15) is 5.26 Å². The molecule has 3 nitrogen and oxygen atoms in total. The van der Waals surface area contributed by atoms with Crippen LogP contribution in [0.3, 0.4) is 0 Å². The monoisotopic (exact) mass is 321 g/mol. The van der Waals surface area contributed by atoms with Crippen LogP contribution in [0.5, 0.6) is 0 Å². The third kappa shape index (κ3) is 3.49. The van der Waals surface area contributed by atoms with Crippen LogP contribution in [0.1, 0.15) is 24.8 Å². The quantitative estimate of drug-likeness (QED) is 0.925. The van der Waals surface area contributed by atoms with E-state index in [-0.39, 0.29) is 0 Å². The van der Waals surface area contributed by atoms with E-state index >= 15 is 0 Å². The number of hydrogen-bond acceptors (Lipinski definition) is 3. The van der Waals surface area contributed by atoms with Crippen LogP contribution in [0.15, 0.2) is 22.7 Å². The summed E-state index contributed by atoms with van der Waals surface area (Å²) in [4.78, 5) is 2.35. The Hall–Kier alpha value is -1.05. The minimum Gasteiger partial charge on any atom is -0.370 e. The maximum Gasteiger partial charge on any atom is 0.103 e. The van der Waals surface area contributed by atoms with Crippen LogP contribution >= 0.6 is 15.9 Å². The molecule has 0 aliphatic carbocycles. The van der Waals surface area contributed by atoms with Crippen LogP contribution in [0, 0.1) is 17.2 Å². The number of piperidine rings is 1. The zero-order valence-electron chi connectivity index (χ0n) is 11.3. The van der Waals surface area contributed by atoms with Crippen molar-refractivity contribution in [2.24, 2.45) is 5.92 Å². The second-order valence-corrected chi connectivity index (χ2v) is 5.92. The first-order chi connectivity index (χ1) is 9.26. The molecule has 1 fully saturated rings. The molecule has 0 bridgehead atoms. The van der Waals surface area contributed by atoms with Gasteiger partial charge in [0.2, 0.25) is 0 Å². The molecule has 0 atom stereocenters. The highest BCUT2D eigenvalue weighted by molar-refractivity contribution is 9.10. The summed E-state index contributed by atoms with van der Waals surface area (Å²) in [5, 5.41) is 12.5. The normalized spacial score (nSPS) is 16.4. The molecule has 102 valence electrons. The van der Waals surface area contributed by atoms with E-state index in [9.17, 15) is 5.26 Å². The van der Waals surface area contributed by atoms with E-state index in [1.807, 2.05) is 19.2 Å². The van der Waals surface area contributed by atoms with Crippen molar-refractivity contribution in [2.75, 3.05) is 31.6 Å². The second kappa shape index (κ2) is 6.93. The number of benzene rings is 1. The van der Waals surface area contributed by atoms with E-state index in [1.54, 1.807) is 0 Å². The third-order valence-corrected chi connectivity index (χ3v) is 4.52. The van der Waals surface area contributed by atoms with Gasteiger partial charge in [0.05, 0.1) is 11.3 Å². The molecule has 0 aromatic heterocycles. The predicted molar refractivity (Wildman–Crippen MR) is 82.3 cm³/mol. The number of nitrogens with one attached hydrogen (secondary N) is 1. The number of nitriles is 1. The van der Waals surface area contributed by atoms with Gasteiger partial charge in [0.15, 0.2) is 0 Å². The fourth-order valence-corrected chi connectivity index (χ4v) is 3.14. The van der Waals surface area contributed by atoms with E-state index in [2.05, 4.69) is 38.3 Å². The number of anilines is 1. The zero-order valence-corrected chi connectivity index (χ0v) is 12.9. The van der Waals surface area contributed by atoms with Crippen molar-refractivity contribution in [3.05, 3.63) is 28.2 Å². The summed E-state index contributed by atoms with van der Waals surface area (Å²) in [6, 6.07) is 8.30. The molecule has 4 heteroatoms. The molecular weight excluding hydrogens is 302 g/mol. The molecule has 0 radical (unpaired) electrons. The Kier molecular flexibility index (Phi) is 5.24. The summed E-state index contributed by atoms with van der Waals surface area (Å²) in [6.07, 6.45) is 3.70. The SMILES string of the molecule is CNCCC1CCN(c2cccc(Br)c2C#N)CC1. The number of halogens is 1. The standard InChI is InChI=1S/C15H20BrN3/c1-18-8-5-12-6-9-19(10-7-12)15-4-2-3-14(16)13(15)11-17/h2-4,12,18H,5-10H2,1H3. The fraction of sp³-hybridized carbons (Fsp3) is 0.533. The Morgan fingerprint density at radius 2 is 2.16 bits per heavy atom. The molecule has 1 aliphatic heterocycles. The largest absolute Gasteiger partial charge is 0.370 e. The molecule has 0 amide bonds. The second-order valence-electron chi connectivity index (χ2n) is 5.07. The van der Waals surface area contributed by atoms with Crippen LogP contribution in [-0.4, -0.2) is 26.7 Å². The number of nitrogens with zero attached hydrogens (tertiary/aromatic N) is 2. The van der Waals surface area contributed by atoms with Crippen LogP contribution in [0.25, 0.3) is 0 Å². The lowest BCUT2D eigenvalue weighted by molar-refractivity contribution is 0.378. The summed E-state index contributed by atoms with van der Waals surface area (Å²) < 4.78 is 0.893. The van der Waals surface area contributed by atoms with Gasteiger partial charge in [-0.3, -0.25) is 0 Å². The van der Waals surface area contributed by atoms with Gasteiger partial charge >= 0.3 is 0 Å². The maximum absolute atomic E-state index is 9.28. The molecular formula is C15H20BrN3. The van der Waals surface area contributed by atoms with Crippen LogP contribution < -0.4 is 10.2 Å². The van der Waals surface area contributed by atoms with Crippen LogP contribution in [0.4, 0.5) is 5.69 Å². The van der Waals surface area contributed by atoms with Gasteiger partial charge in [0.1, 0.15) is 6.07 Å². The van der Waals surface area contributed by atoms with Crippen LogP contribution in [-0.2, 0) is 0 Å². The molecule has 1 aliphatic rings. The number of rotatable bonds is 4. The van der Waals surface area contributed by atoms with Gasteiger partial charge < -0.3 is 10.2 Å². The summed E-state index contributed by atoms with van der Waals surface area (Å²) in [5.74, 6) is 0.821. The molecule has 0 saturated carbocycles. The first-order valence-corrected chi connectivity index (χ1v) is 7.63. The Morgan fingerprint density at radius 1 is 1.42 bits per heavy atom. The van der Waals surface area contributed by atoms with E-state index in [4.69, 9.17) is 0 Å². The van der Waals surface area contributed by atoms with Crippen molar-refractivity contribution < 1.29 is 0 Å². The first-order valence-electron chi connectivity index (χ1n) is 6.84. The topological polar surface area (TPSA) is 39.1 Å². The lowest BCUT2D eigenvalue weighted by atomic mass is 9.93. The average molecular weight is 322 g/mol. The predicted octanol–water partition coefficient (Wildman–Crippen LogP) is 3.15. The van der Waals surface area contributed by atoms with Gasteiger partial charge in [-0.25, -0.2) is 0 Å². The molecule has 0 spiro atoms. The van der Waals surface area contributed by atoms with E-state index in [0.717, 1.165) is 41.3 Å². The van der Waals surface area contributed by atoms with E-state index in [0.29, 0.717) is 0 Å². The van der Waals surface area contributed by atoms with E-state index in [1.165, 1.54) is 19.3 Å². The van der Waals surface area contributed by atoms with E-state index < -0.39 is 0 Å². The highest BCUT2D eigenvalue weighted by Crippen LogP contribution is 2.30. The van der Waals surface area contributed by atoms with Gasteiger partial charge in [-0.15, -0.1) is 0 Å². The molecule has 2 rings (SSSR count). The fourth-order valence-electron chi connectivity index (χ4n) is 2.70. The van der Waals surface area contributed by atoms with Crippen molar-refractivity contribution in [3.63, 3.8) is 0 Å². The molecule has 1 saturated heterocycles. The van der Waals surface area contributed by atoms with Crippen LogP contribution in [0.2, 0.25) is 0 Å². The first kappa shape index (κ1) is 14.4. The minimum absolute atomic E-state index is 0.760. The Morgan fingerprint density at radius 3 is 2.79 bits per heavy atom. The molecule has 1 aromatic rings. The highest BCUT2D eigenvalue weighted by atomic mass is 79.9. The lowest BCUT2D eigenvalue weighted by Crippen LogP contribution is -2.35. The summed E-state index contributed by atoms with van der Waals surface area (Å²) in [7, 11) is 2.01. The maximum atomic E-state index is 9.28. The Labute approximate surface area is 123 Å². The number of hydrogen-bond donors (Lipinski definition) is 1. The summed E-state index contributed by atoms with van der Waals surface area (Å²) in [6.45, 7) is 3.21. The molecule has 0 unspecified atom stereocenters. The Balaban J connectivity index is 2.02. The average Bonchev–Trinajstić information content (AvgIpc) is 2.45. The van der Waals surface area contributed by atoms with Gasteiger partial charge in [0.25, 0.3) is 0 Å². The van der Waals surface area contributed by atoms with Gasteiger partial charge in [-0.05, 0) is 66.8 Å². The third-order valence-electron chi connectivity index (χ3n) is 3.86. The molecule has 1 aromatic carbocycles. The van der Waals surface area contributed by atoms with Crippen molar-refractivity contribution in [1.82, 2.24) is 5.32 Å². The molecule has 1 heterocycles. The Bertz CT molecular complexity index is 459. The van der Waals surface area contributed by atoms with Crippen molar-refractivity contribution in [2.45, 2.75) is 19.3 Å². The van der Waals surface area contributed by atoms with Crippen molar-refractivity contribution in [3.8, 4) is 6.07 Å². The molecule has 19 heavy (non-hydrogen) atoms. The zero-order chi connectivity index (χ0) is 13.7. The van der Waals surface area contributed by atoms with Gasteiger partial charge in [0, 0.05) is 17.6 Å². The minimum atomic E-state index is 0.760. The lowest BCUT2D eigenvalue weighted by Gasteiger charge is -2.34. The summed E-state index contributed by atoms with van der Waals surface area (Å²) in [5.41, 5.74) is 1.83. The van der Waals surface area contributed by atoms with Crippen molar-refractivity contribution in [1.29, 1.82) is 5.26 Å².